The first-order chi connectivity index (χ1) is 11.5. The van der Waals surface area contributed by atoms with Crippen molar-refractivity contribution in [3.8, 4) is 0 Å². The first kappa shape index (κ1) is 17.7. The van der Waals surface area contributed by atoms with Crippen LogP contribution in [0.3, 0.4) is 0 Å². The smallest absolute Gasteiger partial charge is 0.318 e. The zero-order chi connectivity index (χ0) is 17.5. The molecule has 0 saturated carbocycles. The van der Waals surface area contributed by atoms with Gasteiger partial charge in [-0.1, -0.05) is 18.2 Å². The molecular formula is C18H19N3O2S. The SMILES string of the molecule is CSc1ccc(/C=N\NC(=O)C(=O)Nc2cc(C)cc(C)c2)cc1. The normalized spacial score (nSPS) is 10.6. The molecule has 5 nitrogen and oxygen atoms in total. The molecule has 0 saturated heterocycles. The number of anilines is 1. The number of thioether (sulfide) groups is 1. The summed E-state index contributed by atoms with van der Waals surface area (Å²) in [5.41, 5.74) is 5.67. The molecule has 2 rings (SSSR count). The molecule has 2 aromatic rings. The van der Waals surface area contributed by atoms with Gasteiger partial charge in [-0.15, -0.1) is 11.8 Å². The molecule has 0 unspecified atom stereocenters. The third-order valence-electron chi connectivity index (χ3n) is 3.18. The summed E-state index contributed by atoms with van der Waals surface area (Å²) < 4.78 is 0. The minimum Gasteiger partial charge on any atom is -0.318 e. The Morgan fingerprint density at radius 3 is 2.21 bits per heavy atom. The summed E-state index contributed by atoms with van der Waals surface area (Å²) in [5.74, 6) is -1.57. The summed E-state index contributed by atoms with van der Waals surface area (Å²) >= 11 is 1.65. The number of hydrogen-bond donors (Lipinski definition) is 2. The van der Waals surface area contributed by atoms with Crippen molar-refractivity contribution in [3.63, 3.8) is 0 Å². The third-order valence-corrected chi connectivity index (χ3v) is 3.92. The molecule has 24 heavy (non-hydrogen) atoms. The van der Waals surface area contributed by atoms with E-state index in [0.29, 0.717) is 5.69 Å². The molecule has 0 aromatic heterocycles. The third kappa shape index (κ3) is 5.24. The summed E-state index contributed by atoms with van der Waals surface area (Å²) in [6.07, 6.45) is 3.49. The summed E-state index contributed by atoms with van der Waals surface area (Å²) in [6, 6.07) is 13.3. The van der Waals surface area contributed by atoms with E-state index in [1.165, 1.54) is 6.21 Å². The minimum atomic E-state index is -0.814. The second-order valence-corrected chi connectivity index (χ2v) is 6.18. The van der Waals surface area contributed by atoms with Crippen molar-refractivity contribution in [2.75, 3.05) is 11.6 Å². The molecule has 0 spiro atoms. The predicted octanol–water partition coefficient (Wildman–Crippen LogP) is 3.11. The molecule has 0 aliphatic rings. The Bertz CT molecular complexity index is 750. The monoisotopic (exact) mass is 341 g/mol. The Hall–Kier alpha value is -2.60. The van der Waals surface area contributed by atoms with Gasteiger partial charge in [0.2, 0.25) is 0 Å². The highest BCUT2D eigenvalue weighted by Gasteiger charge is 2.13. The molecule has 2 amide bonds. The second-order valence-electron chi connectivity index (χ2n) is 5.30. The lowest BCUT2D eigenvalue weighted by Crippen LogP contribution is -2.32. The first-order valence-corrected chi connectivity index (χ1v) is 8.57. The lowest BCUT2D eigenvalue weighted by atomic mass is 10.1. The number of hydrazone groups is 1. The van der Waals surface area contributed by atoms with E-state index < -0.39 is 11.8 Å². The van der Waals surface area contributed by atoms with Crippen molar-refractivity contribution in [1.29, 1.82) is 0 Å². The van der Waals surface area contributed by atoms with Gasteiger partial charge in [0, 0.05) is 10.6 Å². The average Bonchev–Trinajstić information content (AvgIpc) is 2.54. The largest absolute Gasteiger partial charge is 0.329 e. The first-order valence-electron chi connectivity index (χ1n) is 7.34. The number of carbonyl (C=O) groups is 2. The Kier molecular flexibility index (Phi) is 6.14. The fraction of sp³-hybridized carbons (Fsp3) is 0.167. The van der Waals surface area contributed by atoms with Crippen LogP contribution in [0.25, 0.3) is 0 Å². The van der Waals surface area contributed by atoms with Crippen LogP contribution in [0.15, 0.2) is 52.5 Å². The topological polar surface area (TPSA) is 70.6 Å². The molecule has 6 heteroatoms. The van der Waals surface area contributed by atoms with Crippen molar-refractivity contribution in [1.82, 2.24) is 5.43 Å². The van der Waals surface area contributed by atoms with Crippen LogP contribution >= 0.6 is 11.8 Å². The molecular weight excluding hydrogens is 322 g/mol. The quantitative estimate of drug-likeness (QED) is 0.388. The number of amides is 2. The van der Waals surface area contributed by atoms with Crippen LogP contribution in [0.5, 0.6) is 0 Å². The highest BCUT2D eigenvalue weighted by Crippen LogP contribution is 2.14. The maximum absolute atomic E-state index is 11.9. The van der Waals surface area contributed by atoms with Gasteiger partial charge < -0.3 is 5.32 Å². The van der Waals surface area contributed by atoms with Crippen molar-refractivity contribution in [3.05, 3.63) is 59.2 Å². The zero-order valence-corrected chi connectivity index (χ0v) is 14.6. The number of carbonyl (C=O) groups excluding carboxylic acids is 2. The fourth-order valence-corrected chi connectivity index (χ4v) is 2.55. The van der Waals surface area contributed by atoms with Crippen LogP contribution in [0.1, 0.15) is 16.7 Å². The van der Waals surface area contributed by atoms with E-state index in [4.69, 9.17) is 0 Å². The van der Waals surface area contributed by atoms with Gasteiger partial charge in [-0.25, -0.2) is 5.43 Å². The van der Waals surface area contributed by atoms with Crippen molar-refractivity contribution >= 4 is 35.5 Å². The number of nitrogens with zero attached hydrogens (tertiary/aromatic N) is 1. The van der Waals surface area contributed by atoms with Crippen LogP contribution in [0.4, 0.5) is 5.69 Å². The van der Waals surface area contributed by atoms with E-state index in [9.17, 15) is 9.59 Å². The van der Waals surface area contributed by atoms with Gasteiger partial charge in [-0.2, -0.15) is 5.10 Å². The number of benzene rings is 2. The maximum Gasteiger partial charge on any atom is 0.329 e. The van der Waals surface area contributed by atoms with Crippen LogP contribution in [0, 0.1) is 13.8 Å². The number of aryl methyl sites for hydroxylation is 2. The zero-order valence-electron chi connectivity index (χ0n) is 13.8. The van der Waals surface area contributed by atoms with E-state index in [-0.39, 0.29) is 0 Å². The number of rotatable bonds is 4. The average molecular weight is 341 g/mol. The summed E-state index contributed by atoms with van der Waals surface area (Å²) in [7, 11) is 0. The van der Waals surface area contributed by atoms with Crippen LogP contribution in [0.2, 0.25) is 0 Å². The highest BCUT2D eigenvalue weighted by molar-refractivity contribution is 7.98. The van der Waals surface area contributed by atoms with Gasteiger partial charge in [0.05, 0.1) is 6.21 Å². The molecule has 124 valence electrons. The Labute approximate surface area is 145 Å². The van der Waals surface area contributed by atoms with Gasteiger partial charge in [-0.05, 0) is 61.1 Å². The minimum absolute atomic E-state index is 0.587. The lowest BCUT2D eigenvalue weighted by Gasteiger charge is -2.06. The Morgan fingerprint density at radius 1 is 1.00 bits per heavy atom. The van der Waals surface area contributed by atoms with Crippen LogP contribution in [-0.4, -0.2) is 24.3 Å². The Balaban J connectivity index is 1.91. The maximum atomic E-state index is 11.9. The molecule has 0 atom stereocenters. The van der Waals surface area contributed by atoms with Crippen molar-refractivity contribution in [2.24, 2.45) is 5.10 Å². The molecule has 0 radical (unpaired) electrons. The van der Waals surface area contributed by atoms with Gasteiger partial charge in [0.15, 0.2) is 0 Å². The van der Waals surface area contributed by atoms with Crippen molar-refractivity contribution < 1.29 is 9.59 Å². The van der Waals surface area contributed by atoms with Gasteiger partial charge >= 0.3 is 11.8 Å². The van der Waals surface area contributed by atoms with Crippen LogP contribution in [-0.2, 0) is 9.59 Å². The van der Waals surface area contributed by atoms with Gasteiger partial charge in [-0.3, -0.25) is 9.59 Å². The van der Waals surface area contributed by atoms with Gasteiger partial charge in [0.1, 0.15) is 0 Å². The summed E-state index contributed by atoms with van der Waals surface area (Å²) in [4.78, 5) is 24.8. The van der Waals surface area contributed by atoms with E-state index in [1.807, 2.05) is 50.4 Å². The Morgan fingerprint density at radius 2 is 1.62 bits per heavy atom. The van der Waals surface area contributed by atoms with Crippen LogP contribution < -0.4 is 10.7 Å². The number of nitrogens with one attached hydrogen (secondary N) is 2. The standard InChI is InChI=1S/C18H19N3O2S/c1-12-8-13(2)10-15(9-12)20-17(22)18(23)21-19-11-14-4-6-16(24-3)7-5-14/h4-11H,1-3H3,(H,20,22)(H,21,23)/b19-11-. The molecule has 0 aliphatic heterocycles. The van der Waals surface area contributed by atoms with E-state index in [2.05, 4.69) is 15.8 Å². The van der Waals surface area contributed by atoms with E-state index >= 15 is 0 Å². The number of hydrogen-bond acceptors (Lipinski definition) is 4. The predicted molar refractivity (Wildman–Crippen MR) is 98.5 cm³/mol. The summed E-state index contributed by atoms with van der Waals surface area (Å²) in [6.45, 7) is 3.85. The van der Waals surface area contributed by atoms with E-state index in [0.717, 1.165) is 21.6 Å². The second kappa shape index (κ2) is 8.31. The van der Waals surface area contributed by atoms with Gasteiger partial charge in [0.25, 0.3) is 0 Å². The molecule has 2 N–H and O–H groups in total. The molecule has 0 bridgehead atoms. The lowest BCUT2D eigenvalue weighted by molar-refractivity contribution is -0.136. The summed E-state index contributed by atoms with van der Waals surface area (Å²) in [5, 5.41) is 6.36. The fourth-order valence-electron chi connectivity index (χ4n) is 2.14. The van der Waals surface area contributed by atoms with E-state index in [1.54, 1.807) is 23.9 Å². The molecule has 0 aliphatic carbocycles. The van der Waals surface area contributed by atoms with Crippen molar-refractivity contribution in [2.45, 2.75) is 18.7 Å². The molecule has 2 aromatic carbocycles. The molecule has 0 heterocycles. The highest BCUT2D eigenvalue weighted by atomic mass is 32.2. The molecule has 0 fully saturated rings.